The average Bonchev–Trinajstić information content (AvgIpc) is 2.95. The predicted molar refractivity (Wildman–Crippen MR) is 154 cm³/mol. The standard InChI is InChI=1S/C28H31Cl2N3O5S/c1-4-15-31-28(35)20(2)32(18-21-13-14-25(29)26(30)16-21)27(34)19-33(22-9-8-10-23(17-22)38-3)39(36,37)24-11-6-5-7-12-24/h5-14,16-17,20H,4,15,18-19H2,1-3H3,(H,31,35)/t20-/m1/s1. The molecule has 1 atom stereocenters. The van der Waals surface area contributed by atoms with Gasteiger partial charge in [-0.05, 0) is 55.3 Å². The summed E-state index contributed by atoms with van der Waals surface area (Å²) >= 11 is 12.3. The molecule has 3 aromatic rings. The van der Waals surface area contributed by atoms with Crippen LogP contribution in [0.3, 0.4) is 0 Å². The summed E-state index contributed by atoms with van der Waals surface area (Å²) in [6.07, 6.45) is 0.720. The molecule has 0 bridgehead atoms. The maximum Gasteiger partial charge on any atom is 0.264 e. The van der Waals surface area contributed by atoms with Crippen LogP contribution in [0.2, 0.25) is 10.0 Å². The Morgan fingerprint density at radius 2 is 1.69 bits per heavy atom. The molecule has 0 saturated carbocycles. The minimum absolute atomic E-state index is 0.00771. The van der Waals surface area contributed by atoms with Crippen molar-refractivity contribution in [3.8, 4) is 5.75 Å². The molecule has 39 heavy (non-hydrogen) atoms. The number of hydrogen-bond acceptors (Lipinski definition) is 5. The highest BCUT2D eigenvalue weighted by Crippen LogP contribution is 2.28. The van der Waals surface area contributed by atoms with E-state index in [2.05, 4.69) is 5.32 Å². The van der Waals surface area contributed by atoms with E-state index in [-0.39, 0.29) is 23.0 Å². The van der Waals surface area contributed by atoms with Crippen LogP contribution in [-0.4, -0.2) is 51.4 Å². The molecule has 8 nitrogen and oxygen atoms in total. The van der Waals surface area contributed by atoms with Gasteiger partial charge in [-0.3, -0.25) is 13.9 Å². The van der Waals surface area contributed by atoms with Crippen LogP contribution in [0.1, 0.15) is 25.8 Å². The molecule has 2 amide bonds. The number of hydrogen-bond donors (Lipinski definition) is 1. The monoisotopic (exact) mass is 591 g/mol. The number of carbonyl (C=O) groups is 2. The van der Waals surface area contributed by atoms with Gasteiger partial charge in [-0.2, -0.15) is 0 Å². The van der Waals surface area contributed by atoms with Crippen molar-refractivity contribution >= 4 is 50.7 Å². The van der Waals surface area contributed by atoms with Gasteiger partial charge in [0.05, 0.1) is 27.7 Å². The molecule has 0 saturated heterocycles. The number of carbonyl (C=O) groups excluding carboxylic acids is 2. The van der Waals surface area contributed by atoms with Crippen molar-refractivity contribution in [1.82, 2.24) is 10.2 Å². The number of halogens is 2. The minimum atomic E-state index is -4.16. The van der Waals surface area contributed by atoms with Crippen LogP contribution >= 0.6 is 23.2 Å². The fourth-order valence-corrected chi connectivity index (χ4v) is 5.57. The van der Waals surface area contributed by atoms with Gasteiger partial charge >= 0.3 is 0 Å². The number of benzene rings is 3. The smallest absolute Gasteiger partial charge is 0.264 e. The molecule has 0 aliphatic rings. The van der Waals surface area contributed by atoms with Crippen molar-refractivity contribution in [2.75, 3.05) is 24.5 Å². The zero-order valence-electron chi connectivity index (χ0n) is 21.9. The Bertz CT molecular complexity index is 1400. The Labute approximate surface area is 239 Å². The number of methoxy groups -OCH3 is 1. The summed E-state index contributed by atoms with van der Waals surface area (Å²) in [5, 5.41) is 3.45. The molecule has 0 unspecified atom stereocenters. The molecule has 0 heterocycles. The summed E-state index contributed by atoms with van der Waals surface area (Å²) in [5.41, 5.74) is 0.871. The van der Waals surface area contributed by atoms with Crippen LogP contribution in [-0.2, 0) is 26.2 Å². The third-order valence-corrected chi connectivity index (χ3v) is 8.53. The third kappa shape index (κ3) is 7.65. The summed E-state index contributed by atoms with van der Waals surface area (Å²) in [4.78, 5) is 28.2. The second-order valence-corrected chi connectivity index (χ2v) is 11.4. The number of nitrogens with zero attached hydrogens (tertiary/aromatic N) is 2. The zero-order chi connectivity index (χ0) is 28.6. The average molecular weight is 593 g/mol. The number of anilines is 1. The van der Waals surface area contributed by atoms with Gasteiger partial charge in [0.1, 0.15) is 18.3 Å². The Hall–Kier alpha value is -3.27. The highest BCUT2D eigenvalue weighted by atomic mass is 35.5. The molecule has 11 heteroatoms. The molecule has 1 N–H and O–H groups in total. The van der Waals surface area contributed by atoms with Crippen molar-refractivity contribution in [2.24, 2.45) is 0 Å². The SMILES string of the molecule is CCCNC(=O)[C@@H](C)N(Cc1ccc(Cl)c(Cl)c1)C(=O)CN(c1cccc(OC)c1)S(=O)(=O)c1ccccc1. The number of rotatable bonds is 12. The summed E-state index contributed by atoms with van der Waals surface area (Å²) in [5.74, 6) is -0.514. The Balaban J connectivity index is 2.04. The fraction of sp³-hybridized carbons (Fsp3) is 0.286. The van der Waals surface area contributed by atoms with Gasteiger partial charge in [-0.1, -0.05) is 60.5 Å². The summed E-state index contributed by atoms with van der Waals surface area (Å²) in [6.45, 7) is 3.41. The van der Waals surface area contributed by atoms with Crippen LogP contribution in [0.15, 0.2) is 77.7 Å². The molecule has 0 spiro atoms. The van der Waals surface area contributed by atoms with Crippen molar-refractivity contribution in [1.29, 1.82) is 0 Å². The van der Waals surface area contributed by atoms with E-state index < -0.39 is 28.5 Å². The Morgan fingerprint density at radius 3 is 2.33 bits per heavy atom. The van der Waals surface area contributed by atoms with Gasteiger partial charge in [-0.25, -0.2) is 8.42 Å². The fourth-order valence-electron chi connectivity index (χ4n) is 3.83. The topological polar surface area (TPSA) is 96.0 Å². The summed E-state index contributed by atoms with van der Waals surface area (Å²) in [7, 11) is -2.69. The van der Waals surface area contributed by atoms with E-state index in [1.165, 1.54) is 30.2 Å². The molecule has 0 radical (unpaired) electrons. The van der Waals surface area contributed by atoms with Crippen molar-refractivity contribution in [3.05, 3.63) is 88.4 Å². The largest absolute Gasteiger partial charge is 0.497 e. The zero-order valence-corrected chi connectivity index (χ0v) is 24.3. The first-order chi connectivity index (χ1) is 18.6. The minimum Gasteiger partial charge on any atom is -0.497 e. The summed E-state index contributed by atoms with van der Waals surface area (Å²) in [6, 6.07) is 18.3. The number of ether oxygens (including phenoxy) is 1. The lowest BCUT2D eigenvalue weighted by Gasteiger charge is -2.32. The third-order valence-electron chi connectivity index (χ3n) is 6.00. The van der Waals surface area contributed by atoms with Gasteiger partial charge in [0.2, 0.25) is 11.8 Å². The van der Waals surface area contributed by atoms with Crippen LogP contribution < -0.4 is 14.4 Å². The maximum absolute atomic E-state index is 13.9. The van der Waals surface area contributed by atoms with Gasteiger partial charge in [0.25, 0.3) is 10.0 Å². The van der Waals surface area contributed by atoms with E-state index in [0.717, 1.165) is 10.7 Å². The molecule has 0 aliphatic carbocycles. The lowest BCUT2D eigenvalue weighted by molar-refractivity contribution is -0.139. The molecule has 208 valence electrons. The van der Waals surface area contributed by atoms with Gasteiger partial charge < -0.3 is 15.0 Å². The molecule has 0 aliphatic heterocycles. The van der Waals surface area contributed by atoms with Crippen LogP contribution in [0.5, 0.6) is 5.75 Å². The van der Waals surface area contributed by atoms with E-state index in [1.807, 2.05) is 6.92 Å². The van der Waals surface area contributed by atoms with Crippen molar-refractivity contribution in [3.63, 3.8) is 0 Å². The van der Waals surface area contributed by atoms with Gasteiger partial charge in [0.15, 0.2) is 0 Å². The highest BCUT2D eigenvalue weighted by molar-refractivity contribution is 7.92. The summed E-state index contributed by atoms with van der Waals surface area (Å²) < 4.78 is 33.9. The first-order valence-corrected chi connectivity index (χ1v) is 14.5. The molecule has 3 aromatic carbocycles. The van der Waals surface area contributed by atoms with E-state index in [4.69, 9.17) is 27.9 Å². The van der Waals surface area contributed by atoms with E-state index in [1.54, 1.807) is 61.5 Å². The quantitative estimate of drug-likeness (QED) is 0.314. The van der Waals surface area contributed by atoms with Gasteiger partial charge in [0, 0.05) is 19.2 Å². The van der Waals surface area contributed by atoms with Crippen molar-refractivity contribution in [2.45, 2.75) is 37.8 Å². The lowest BCUT2D eigenvalue weighted by Crippen LogP contribution is -2.51. The number of nitrogens with one attached hydrogen (secondary N) is 1. The predicted octanol–water partition coefficient (Wildman–Crippen LogP) is 5.14. The van der Waals surface area contributed by atoms with Crippen LogP contribution in [0, 0.1) is 0 Å². The first-order valence-electron chi connectivity index (χ1n) is 12.3. The van der Waals surface area contributed by atoms with Crippen LogP contribution in [0.4, 0.5) is 5.69 Å². The van der Waals surface area contributed by atoms with Crippen LogP contribution in [0.25, 0.3) is 0 Å². The molecular formula is C28H31Cl2N3O5S. The normalized spacial score (nSPS) is 11.9. The molecule has 0 fully saturated rings. The Kier molecular flexibility index (Phi) is 10.6. The Morgan fingerprint density at radius 1 is 0.974 bits per heavy atom. The second kappa shape index (κ2) is 13.7. The number of sulfonamides is 1. The van der Waals surface area contributed by atoms with Crippen molar-refractivity contribution < 1.29 is 22.7 Å². The van der Waals surface area contributed by atoms with E-state index in [0.29, 0.717) is 27.9 Å². The second-order valence-electron chi connectivity index (χ2n) is 8.76. The lowest BCUT2D eigenvalue weighted by atomic mass is 10.1. The highest BCUT2D eigenvalue weighted by Gasteiger charge is 2.32. The van der Waals surface area contributed by atoms with Gasteiger partial charge in [-0.15, -0.1) is 0 Å². The van der Waals surface area contributed by atoms with E-state index in [9.17, 15) is 18.0 Å². The maximum atomic E-state index is 13.9. The molecule has 3 rings (SSSR count). The number of amides is 2. The van der Waals surface area contributed by atoms with E-state index >= 15 is 0 Å². The first kappa shape index (κ1) is 30.3. The molecular weight excluding hydrogens is 561 g/mol. The molecule has 0 aromatic heterocycles.